The summed E-state index contributed by atoms with van der Waals surface area (Å²) in [4.78, 5) is 14.6. The van der Waals surface area contributed by atoms with Crippen LogP contribution < -0.4 is 5.32 Å². The van der Waals surface area contributed by atoms with Crippen LogP contribution in [0.4, 0.5) is 0 Å². The molecule has 0 aliphatic carbocycles. The van der Waals surface area contributed by atoms with Crippen LogP contribution in [0.2, 0.25) is 5.02 Å². The monoisotopic (exact) mass is 409 g/mol. The second kappa shape index (κ2) is 9.20. The predicted molar refractivity (Wildman–Crippen MR) is 112 cm³/mol. The molecule has 6 nitrogen and oxygen atoms in total. The predicted octanol–water partition coefficient (Wildman–Crippen LogP) is 2.85. The lowest BCUT2D eigenvalue weighted by molar-refractivity contribution is -0.120. The van der Waals surface area contributed by atoms with Crippen molar-refractivity contribution in [2.45, 2.75) is 32.5 Å². The van der Waals surface area contributed by atoms with Crippen LogP contribution in [0.5, 0.6) is 0 Å². The zero-order valence-electron chi connectivity index (χ0n) is 16.2. The second-order valence-corrected chi connectivity index (χ2v) is 7.65. The van der Waals surface area contributed by atoms with Crippen molar-refractivity contribution in [3.63, 3.8) is 0 Å². The van der Waals surface area contributed by atoms with Crippen molar-refractivity contribution in [2.24, 2.45) is 0 Å². The second-order valence-electron chi connectivity index (χ2n) is 7.24. The van der Waals surface area contributed by atoms with E-state index in [1.54, 1.807) is 0 Å². The maximum Gasteiger partial charge on any atom is 0.224 e. The Morgan fingerprint density at radius 2 is 1.79 bits per heavy atom. The van der Waals surface area contributed by atoms with Gasteiger partial charge in [-0.3, -0.25) is 9.69 Å². The van der Waals surface area contributed by atoms with Crippen LogP contribution in [-0.4, -0.2) is 38.7 Å². The first-order valence-corrected chi connectivity index (χ1v) is 10.2. The Hall–Kier alpha value is -2.70. The molecule has 0 spiro atoms. The summed E-state index contributed by atoms with van der Waals surface area (Å²) < 4.78 is 2.13. The molecule has 2 heterocycles. The molecule has 1 aliphatic rings. The molecule has 0 atom stereocenters. The van der Waals surface area contributed by atoms with Crippen molar-refractivity contribution in [3.05, 3.63) is 82.4 Å². The van der Waals surface area contributed by atoms with Crippen molar-refractivity contribution in [1.82, 2.24) is 25.0 Å². The van der Waals surface area contributed by atoms with E-state index < -0.39 is 0 Å². The Balaban J connectivity index is 1.34. The molecule has 7 heteroatoms. The Bertz CT molecular complexity index is 972. The highest BCUT2D eigenvalue weighted by Gasteiger charge is 2.19. The zero-order chi connectivity index (χ0) is 20.1. The number of aromatic nitrogens is 3. The number of rotatable bonds is 6. The first-order valence-electron chi connectivity index (χ1n) is 9.86. The molecule has 1 amide bonds. The maximum atomic E-state index is 12.2. The number of hydrogen-bond donors (Lipinski definition) is 1. The van der Waals surface area contributed by atoms with Crippen LogP contribution in [0.3, 0.4) is 0 Å². The van der Waals surface area contributed by atoms with E-state index in [0.29, 0.717) is 13.0 Å². The number of benzene rings is 2. The quantitative estimate of drug-likeness (QED) is 0.680. The third kappa shape index (κ3) is 5.02. The molecule has 0 bridgehead atoms. The molecule has 2 aromatic carbocycles. The minimum atomic E-state index is -0.0116. The number of amides is 1. The molecule has 3 aromatic rings. The van der Waals surface area contributed by atoms with Gasteiger partial charge in [-0.2, -0.15) is 0 Å². The fraction of sp³-hybridized carbons (Fsp3) is 0.318. The molecule has 0 radical (unpaired) electrons. The fourth-order valence-corrected chi connectivity index (χ4v) is 3.80. The van der Waals surface area contributed by atoms with Gasteiger partial charge in [0.1, 0.15) is 5.82 Å². The van der Waals surface area contributed by atoms with Gasteiger partial charge in [-0.15, -0.1) is 10.2 Å². The first kappa shape index (κ1) is 19.6. The number of nitrogens with one attached hydrogen (secondary N) is 1. The molecule has 150 valence electrons. The third-order valence-electron chi connectivity index (χ3n) is 5.20. The SMILES string of the molecule is O=C(Cc1ccccc1)NCc1nnc2n1CCN(Cc1ccccc1Cl)CC2. The lowest BCUT2D eigenvalue weighted by Gasteiger charge is -2.20. The third-order valence-corrected chi connectivity index (χ3v) is 5.57. The Morgan fingerprint density at radius 1 is 1.00 bits per heavy atom. The van der Waals surface area contributed by atoms with E-state index in [4.69, 9.17) is 11.6 Å². The Morgan fingerprint density at radius 3 is 2.62 bits per heavy atom. The molecular formula is C22H24ClN5O. The van der Waals surface area contributed by atoms with Crippen LogP contribution >= 0.6 is 11.6 Å². The van der Waals surface area contributed by atoms with Crippen LogP contribution in [0.25, 0.3) is 0 Å². The number of nitrogens with zero attached hydrogens (tertiary/aromatic N) is 4. The molecule has 0 unspecified atom stereocenters. The Labute approximate surface area is 175 Å². The fourth-order valence-electron chi connectivity index (χ4n) is 3.60. The number of fused-ring (bicyclic) bond motifs is 1. The molecule has 4 rings (SSSR count). The molecule has 29 heavy (non-hydrogen) atoms. The van der Waals surface area contributed by atoms with E-state index >= 15 is 0 Å². The largest absolute Gasteiger partial charge is 0.349 e. The molecule has 1 aliphatic heterocycles. The van der Waals surface area contributed by atoms with E-state index in [1.165, 1.54) is 0 Å². The summed E-state index contributed by atoms with van der Waals surface area (Å²) in [7, 11) is 0. The maximum absolute atomic E-state index is 12.2. The minimum Gasteiger partial charge on any atom is -0.349 e. The highest BCUT2D eigenvalue weighted by Crippen LogP contribution is 2.18. The highest BCUT2D eigenvalue weighted by atomic mass is 35.5. The summed E-state index contributed by atoms with van der Waals surface area (Å²) in [6, 6.07) is 17.7. The molecule has 0 saturated carbocycles. The zero-order valence-corrected chi connectivity index (χ0v) is 17.0. The van der Waals surface area contributed by atoms with Crippen molar-refractivity contribution in [3.8, 4) is 0 Å². The average Bonchev–Trinajstić information content (AvgIpc) is 3.01. The number of carbonyl (C=O) groups excluding carboxylic acids is 1. The van der Waals surface area contributed by atoms with Crippen LogP contribution in [0.15, 0.2) is 54.6 Å². The van der Waals surface area contributed by atoms with Gasteiger partial charge < -0.3 is 9.88 Å². The lowest BCUT2D eigenvalue weighted by atomic mass is 10.1. The van der Waals surface area contributed by atoms with Gasteiger partial charge in [-0.1, -0.05) is 60.1 Å². The highest BCUT2D eigenvalue weighted by molar-refractivity contribution is 6.31. The van der Waals surface area contributed by atoms with E-state index in [1.807, 2.05) is 48.5 Å². The van der Waals surface area contributed by atoms with Gasteiger partial charge in [0.05, 0.1) is 13.0 Å². The number of carbonyl (C=O) groups is 1. The van der Waals surface area contributed by atoms with Gasteiger partial charge in [0.2, 0.25) is 5.91 Å². The Kier molecular flexibility index (Phi) is 6.22. The van der Waals surface area contributed by atoms with Crippen molar-refractivity contribution in [2.75, 3.05) is 13.1 Å². The van der Waals surface area contributed by atoms with Gasteiger partial charge in [0.25, 0.3) is 0 Å². The molecule has 0 fully saturated rings. The topological polar surface area (TPSA) is 63.1 Å². The van der Waals surface area contributed by atoms with Crippen molar-refractivity contribution >= 4 is 17.5 Å². The van der Waals surface area contributed by atoms with Gasteiger partial charge in [-0.05, 0) is 17.2 Å². The van der Waals surface area contributed by atoms with E-state index in [0.717, 1.165) is 60.4 Å². The van der Waals surface area contributed by atoms with Gasteiger partial charge >= 0.3 is 0 Å². The van der Waals surface area contributed by atoms with Crippen LogP contribution in [-0.2, 0) is 37.3 Å². The standard InChI is InChI=1S/C22H24ClN5O/c23-19-9-5-4-8-18(19)16-27-11-10-20-25-26-21(28(20)13-12-27)15-24-22(29)14-17-6-2-1-3-7-17/h1-9H,10-16H2,(H,24,29). The summed E-state index contributed by atoms with van der Waals surface area (Å²) in [6.07, 6.45) is 1.20. The summed E-state index contributed by atoms with van der Waals surface area (Å²) >= 11 is 6.31. The van der Waals surface area contributed by atoms with Gasteiger partial charge in [0.15, 0.2) is 5.82 Å². The van der Waals surface area contributed by atoms with Crippen LogP contribution in [0, 0.1) is 0 Å². The number of halogens is 1. The van der Waals surface area contributed by atoms with E-state index in [2.05, 4.69) is 31.0 Å². The number of hydrogen-bond acceptors (Lipinski definition) is 4. The van der Waals surface area contributed by atoms with Crippen molar-refractivity contribution in [1.29, 1.82) is 0 Å². The van der Waals surface area contributed by atoms with Crippen molar-refractivity contribution < 1.29 is 4.79 Å². The van der Waals surface area contributed by atoms with E-state index in [-0.39, 0.29) is 5.91 Å². The molecule has 0 saturated heterocycles. The van der Waals surface area contributed by atoms with E-state index in [9.17, 15) is 4.79 Å². The van der Waals surface area contributed by atoms with Crippen LogP contribution in [0.1, 0.15) is 22.8 Å². The van der Waals surface area contributed by atoms with Gasteiger partial charge in [0, 0.05) is 37.6 Å². The summed E-state index contributed by atoms with van der Waals surface area (Å²) in [5, 5.41) is 12.4. The molecule has 1 aromatic heterocycles. The summed E-state index contributed by atoms with van der Waals surface area (Å²) in [6.45, 7) is 3.81. The molecular weight excluding hydrogens is 386 g/mol. The smallest absolute Gasteiger partial charge is 0.224 e. The first-order chi connectivity index (χ1) is 14.2. The summed E-state index contributed by atoms with van der Waals surface area (Å²) in [5.41, 5.74) is 2.14. The normalized spacial score (nSPS) is 14.2. The minimum absolute atomic E-state index is 0.0116. The molecule has 1 N–H and O–H groups in total. The average molecular weight is 410 g/mol. The lowest BCUT2D eigenvalue weighted by Crippen LogP contribution is -2.28. The van der Waals surface area contributed by atoms with Gasteiger partial charge in [-0.25, -0.2) is 0 Å². The summed E-state index contributed by atoms with van der Waals surface area (Å²) in [5.74, 6) is 1.77.